The van der Waals surface area contributed by atoms with E-state index in [9.17, 15) is 18.2 Å². The number of anilines is 10. The van der Waals surface area contributed by atoms with Crippen LogP contribution in [0, 0.1) is 0 Å². The van der Waals surface area contributed by atoms with Gasteiger partial charge in [-0.1, -0.05) is 60.7 Å². The second-order valence-electron chi connectivity index (χ2n) is 10.9. The van der Waals surface area contributed by atoms with Gasteiger partial charge in [0.25, 0.3) is 0 Å². The topological polar surface area (TPSA) is 248 Å². The molecule has 0 spiro atoms. The first-order valence-electron chi connectivity index (χ1n) is 15.8. The van der Waals surface area contributed by atoms with Gasteiger partial charge in [-0.05, 0) is 59.7 Å². The summed E-state index contributed by atoms with van der Waals surface area (Å²) in [6.45, 7) is 0. The quantitative estimate of drug-likeness (QED) is 0.0179. The van der Waals surface area contributed by atoms with Gasteiger partial charge in [-0.15, -0.1) is 0 Å². The van der Waals surface area contributed by atoms with Gasteiger partial charge in [-0.3, -0.25) is 5.04 Å². The molecule has 22 heteroatoms. The van der Waals surface area contributed by atoms with Crippen LogP contribution in [0.4, 0.5) is 58.4 Å². The summed E-state index contributed by atoms with van der Waals surface area (Å²) in [6.07, 6.45) is 2.99. The summed E-state index contributed by atoms with van der Waals surface area (Å²) >= 11 is 0.614. The van der Waals surface area contributed by atoms with E-state index in [-0.39, 0.29) is 100 Å². The van der Waals surface area contributed by atoms with Crippen molar-refractivity contribution >= 4 is 92.8 Å². The molecular weight excluding hydrogens is 783 g/mol. The van der Waals surface area contributed by atoms with Crippen molar-refractivity contribution in [1.29, 1.82) is 0 Å². The van der Waals surface area contributed by atoms with E-state index in [1.807, 2.05) is 60.7 Å². The van der Waals surface area contributed by atoms with E-state index in [4.69, 9.17) is 0 Å². The maximum Gasteiger partial charge on any atom is 1.00 e. The van der Waals surface area contributed by atoms with Crippen molar-refractivity contribution in [2.75, 3.05) is 46.0 Å². The molecule has 0 amide bonds. The normalized spacial score (nSPS) is 10.9. The Morgan fingerprint density at radius 2 is 0.982 bits per heavy atom. The second kappa shape index (κ2) is 21.2. The van der Waals surface area contributed by atoms with Crippen LogP contribution >= 0.6 is 12.0 Å². The number of rotatable bonds is 16. The predicted octanol–water partition coefficient (Wildman–Crippen LogP) is -0.572. The number of nitrogens with one attached hydrogen (secondary N) is 6. The number of nitrogens with zero attached hydrogens (tertiary/aromatic N) is 6. The molecule has 0 radical (unpaired) electrons. The van der Waals surface area contributed by atoms with Gasteiger partial charge < -0.3 is 41.7 Å². The average molecular weight is 813 g/mol. The molecular formula is C34H30N12Na2O6S2. The minimum absolute atomic E-state index is 0. The van der Waals surface area contributed by atoms with Crippen molar-refractivity contribution < 1.29 is 86.7 Å². The smallest absolute Gasteiger partial charge is 0.744 e. The molecule has 0 atom stereocenters. The molecule has 6 N–H and O–H groups in total. The SMILES string of the molecule is CNc1nc(Nc2ccccc2)nc(Nc2ccc(/C=C/c3ccc(Nc4nc(NC)nc(Nc5ccccc5)n4)cc3S(=O)(=O)[O-])c(SOO[O-])c2)n1.[Na+].[Na+]. The van der Waals surface area contributed by atoms with Gasteiger partial charge in [0.1, 0.15) is 10.1 Å². The van der Waals surface area contributed by atoms with E-state index in [2.05, 4.69) is 71.2 Å². The molecule has 0 saturated carbocycles. The number of para-hydroxylation sites is 2. The molecule has 276 valence electrons. The summed E-state index contributed by atoms with van der Waals surface area (Å²) in [5, 5.41) is 32.3. The third-order valence-corrected chi connectivity index (χ3v) is 8.73. The van der Waals surface area contributed by atoms with E-state index < -0.39 is 15.0 Å². The minimum Gasteiger partial charge on any atom is -0.744 e. The van der Waals surface area contributed by atoms with Crippen LogP contribution in [0.15, 0.2) is 107 Å². The summed E-state index contributed by atoms with van der Waals surface area (Å²) < 4.78 is 41.9. The summed E-state index contributed by atoms with van der Waals surface area (Å²) in [6, 6.07) is 27.8. The van der Waals surface area contributed by atoms with Crippen LogP contribution in [-0.2, 0) is 19.5 Å². The van der Waals surface area contributed by atoms with E-state index >= 15 is 0 Å². The molecule has 0 aliphatic carbocycles. The molecule has 56 heavy (non-hydrogen) atoms. The van der Waals surface area contributed by atoms with Gasteiger partial charge in [0.15, 0.2) is 0 Å². The Kier molecular flexibility index (Phi) is 16.8. The van der Waals surface area contributed by atoms with Crippen LogP contribution < -0.4 is 96.3 Å². The van der Waals surface area contributed by atoms with Gasteiger partial charge in [-0.2, -0.15) is 34.2 Å². The van der Waals surface area contributed by atoms with Crippen molar-refractivity contribution in [1.82, 2.24) is 29.9 Å². The van der Waals surface area contributed by atoms with Gasteiger partial charge in [0.05, 0.1) is 16.9 Å². The van der Waals surface area contributed by atoms with Gasteiger partial charge >= 0.3 is 59.1 Å². The van der Waals surface area contributed by atoms with Crippen LogP contribution in [0.3, 0.4) is 0 Å². The van der Waals surface area contributed by atoms with Crippen LogP contribution in [-0.4, -0.2) is 57.0 Å². The Hall–Kier alpha value is -4.42. The fourth-order valence-electron chi connectivity index (χ4n) is 4.78. The fourth-order valence-corrected chi connectivity index (χ4v) is 5.98. The molecule has 2 aromatic heterocycles. The van der Waals surface area contributed by atoms with Crippen molar-refractivity contribution in [3.63, 3.8) is 0 Å². The Bertz CT molecular complexity index is 2370. The molecule has 0 aliphatic rings. The zero-order chi connectivity index (χ0) is 37.9. The minimum atomic E-state index is -4.96. The monoisotopic (exact) mass is 812 g/mol. The molecule has 0 saturated heterocycles. The molecule has 6 rings (SSSR count). The van der Waals surface area contributed by atoms with Crippen LogP contribution in [0.1, 0.15) is 11.1 Å². The fraction of sp³-hybridized carbons (Fsp3) is 0.0588. The third kappa shape index (κ3) is 12.5. The molecule has 0 bridgehead atoms. The zero-order valence-corrected chi connectivity index (χ0v) is 36.0. The first-order chi connectivity index (χ1) is 26.2. The Morgan fingerprint density at radius 1 is 0.571 bits per heavy atom. The Labute approximate surface area is 370 Å². The molecule has 2 heterocycles. The largest absolute Gasteiger partial charge is 1.00 e. The Morgan fingerprint density at radius 3 is 1.43 bits per heavy atom. The summed E-state index contributed by atoms with van der Waals surface area (Å²) in [5.74, 6) is 1.34. The average Bonchev–Trinajstić information content (AvgIpc) is 3.17. The maximum atomic E-state index is 12.4. The van der Waals surface area contributed by atoms with Gasteiger partial charge in [-0.25, -0.2) is 8.42 Å². The molecule has 6 aromatic rings. The number of hydrogen-bond acceptors (Lipinski definition) is 19. The maximum absolute atomic E-state index is 12.4. The summed E-state index contributed by atoms with van der Waals surface area (Å²) in [7, 11) is -1.65. The van der Waals surface area contributed by atoms with Crippen LogP contribution in [0.25, 0.3) is 12.2 Å². The number of hydrogen-bond donors (Lipinski definition) is 6. The molecule has 0 unspecified atom stereocenters. The standard InChI is InChI=1S/C34H32N12O6S2.2Na/c1-35-29-41-31(37-23-9-5-3-6-10-23)45-33(43-29)39-25-17-15-21(27(19-25)53-52-51-47)13-14-22-16-18-26(20-28(22)54(48,49)50)40-34-44-30(36-2)42-32(46-34)38-24-11-7-4-8-12-24;;/h3-20,47H,1-2H3,(H,48,49,50)(H3,35,37,39,41,43,45)(H3,36,38,40,42,44,46);;/q;2*+1/p-2/b14-13+;;. The summed E-state index contributed by atoms with van der Waals surface area (Å²) in [4.78, 5) is 26.0. The van der Waals surface area contributed by atoms with Crippen LogP contribution in [0.5, 0.6) is 0 Å². The summed E-state index contributed by atoms with van der Waals surface area (Å²) in [5.41, 5.74) is 2.83. The van der Waals surface area contributed by atoms with Crippen molar-refractivity contribution in [2.24, 2.45) is 0 Å². The number of benzene rings is 4. The van der Waals surface area contributed by atoms with Gasteiger partial charge in [0, 0.05) is 41.7 Å². The van der Waals surface area contributed by atoms with Crippen molar-refractivity contribution in [3.05, 3.63) is 108 Å². The molecule has 4 aromatic carbocycles. The van der Waals surface area contributed by atoms with Crippen molar-refractivity contribution in [2.45, 2.75) is 9.79 Å². The van der Waals surface area contributed by atoms with E-state index in [0.717, 1.165) is 11.4 Å². The van der Waals surface area contributed by atoms with E-state index in [0.29, 0.717) is 34.1 Å². The Balaban J connectivity index is 0.00000348. The van der Waals surface area contributed by atoms with Crippen LogP contribution in [0.2, 0.25) is 0 Å². The third-order valence-electron chi connectivity index (χ3n) is 7.18. The zero-order valence-electron chi connectivity index (χ0n) is 30.3. The predicted molar refractivity (Wildman–Crippen MR) is 203 cm³/mol. The first kappa shape index (κ1) is 44.3. The first-order valence-corrected chi connectivity index (χ1v) is 17.9. The van der Waals surface area contributed by atoms with Crippen molar-refractivity contribution in [3.8, 4) is 0 Å². The number of aromatic nitrogens is 6. The molecule has 0 fully saturated rings. The molecule has 0 aliphatic heterocycles. The van der Waals surface area contributed by atoms with Gasteiger partial charge in [0.2, 0.25) is 35.7 Å². The van der Waals surface area contributed by atoms with E-state index in [1.165, 1.54) is 18.2 Å². The van der Waals surface area contributed by atoms with E-state index in [1.54, 1.807) is 44.4 Å². The second-order valence-corrected chi connectivity index (χ2v) is 12.9. The molecule has 18 nitrogen and oxygen atoms in total.